The van der Waals surface area contributed by atoms with Crippen LogP contribution in [-0.2, 0) is 27.1 Å². The molecule has 0 fully saturated rings. The fraction of sp³-hybridized carbons (Fsp3) is 0.500. The number of fused-ring (bicyclic) bond motifs is 1. The van der Waals surface area contributed by atoms with E-state index >= 15 is 0 Å². The summed E-state index contributed by atoms with van der Waals surface area (Å²) in [5.41, 5.74) is 1.90. The van der Waals surface area contributed by atoms with Gasteiger partial charge in [-0.05, 0) is 51.5 Å². The van der Waals surface area contributed by atoms with E-state index in [9.17, 15) is 14.4 Å². The number of carbonyl (C=O) groups is 3. The molecule has 8 nitrogen and oxygen atoms in total. The minimum absolute atomic E-state index is 0.0722. The van der Waals surface area contributed by atoms with Gasteiger partial charge in [-0.15, -0.1) is 11.3 Å². The smallest absolute Gasteiger partial charge is 0.377 e. The van der Waals surface area contributed by atoms with Crippen molar-refractivity contribution in [3.8, 4) is 0 Å². The molecular weight excluding hydrogens is 396 g/mol. The van der Waals surface area contributed by atoms with Crippen LogP contribution in [0.15, 0.2) is 10.6 Å². The van der Waals surface area contributed by atoms with Crippen LogP contribution < -0.4 is 5.32 Å². The van der Waals surface area contributed by atoms with E-state index in [0.717, 1.165) is 29.7 Å². The highest BCUT2D eigenvalue weighted by Crippen LogP contribution is 2.40. The first-order valence-corrected chi connectivity index (χ1v) is 10.3. The standard InChI is InChI=1S/C20H24N2O6S/c1-10(2)27-20(25)17-13-6-5-11(3)7-15(13)29-18(17)21-16(23)9-26-19(24)14-8-12(4)22-28-14/h8,10-11H,5-7,9H2,1-4H3,(H,21,23)/t11-/m1/s1. The second-order valence-electron chi connectivity index (χ2n) is 7.47. The molecule has 0 saturated heterocycles. The lowest BCUT2D eigenvalue weighted by atomic mass is 9.88. The second kappa shape index (κ2) is 8.77. The molecule has 156 valence electrons. The van der Waals surface area contributed by atoms with Crippen LogP contribution in [-0.4, -0.2) is 35.7 Å². The maximum Gasteiger partial charge on any atom is 0.377 e. The minimum Gasteiger partial charge on any atom is -0.459 e. The Kier molecular flexibility index (Phi) is 6.36. The van der Waals surface area contributed by atoms with Gasteiger partial charge in [0.2, 0.25) is 5.76 Å². The summed E-state index contributed by atoms with van der Waals surface area (Å²) < 4.78 is 15.2. The Hall–Kier alpha value is -2.68. The number of anilines is 1. The van der Waals surface area contributed by atoms with E-state index in [0.29, 0.717) is 22.2 Å². The Morgan fingerprint density at radius 3 is 2.76 bits per heavy atom. The van der Waals surface area contributed by atoms with Crippen molar-refractivity contribution in [1.82, 2.24) is 5.16 Å². The van der Waals surface area contributed by atoms with Gasteiger partial charge in [-0.1, -0.05) is 12.1 Å². The maximum absolute atomic E-state index is 12.7. The molecule has 0 saturated carbocycles. The zero-order valence-corrected chi connectivity index (χ0v) is 17.7. The number of esters is 2. The third-order valence-corrected chi connectivity index (χ3v) is 5.64. The third-order valence-electron chi connectivity index (χ3n) is 4.48. The van der Waals surface area contributed by atoms with Crippen molar-refractivity contribution in [3.05, 3.63) is 33.5 Å². The number of thiophene rings is 1. The summed E-state index contributed by atoms with van der Waals surface area (Å²) in [6, 6.07) is 1.43. The van der Waals surface area contributed by atoms with Crippen molar-refractivity contribution < 1.29 is 28.4 Å². The molecule has 2 aromatic rings. The van der Waals surface area contributed by atoms with Gasteiger partial charge in [0.1, 0.15) is 5.00 Å². The summed E-state index contributed by atoms with van der Waals surface area (Å²) in [5.74, 6) is -1.32. The summed E-state index contributed by atoms with van der Waals surface area (Å²) in [6.07, 6.45) is 2.34. The molecule has 1 atom stereocenters. The highest BCUT2D eigenvalue weighted by molar-refractivity contribution is 7.17. The Morgan fingerprint density at radius 1 is 1.34 bits per heavy atom. The van der Waals surface area contributed by atoms with Crippen LogP contribution in [0.5, 0.6) is 0 Å². The van der Waals surface area contributed by atoms with Crippen molar-refractivity contribution in [3.63, 3.8) is 0 Å². The molecule has 2 aromatic heterocycles. The van der Waals surface area contributed by atoms with Crippen LogP contribution in [0.3, 0.4) is 0 Å². The van der Waals surface area contributed by atoms with Crippen LogP contribution in [0.25, 0.3) is 0 Å². The number of amides is 1. The number of rotatable bonds is 6. The van der Waals surface area contributed by atoms with Crippen molar-refractivity contribution >= 4 is 34.2 Å². The lowest BCUT2D eigenvalue weighted by Crippen LogP contribution is -2.22. The molecule has 0 unspecified atom stereocenters. The van der Waals surface area contributed by atoms with Gasteiger partial charge in [-0.2, -0.15) is 0 Å². The van der Waals surface area contributed by atoms with Crippen molar-refractivity contribution in [2.75, 3.05) is 11.9 Å². The van der Waals surface area contributed by atoms with Gasteiger partial charge in [0.25, 0.3) is 5.91 Å². The van der Waals surface area contributed by atoms with E-state index in [4.69, 9.17) is 14.0 Å². The first-order chi connectivity index (χ1) is 13.7. The summed E-state index contributed by atoms with van der Waals surface area (Å²) in [5, 5.41) is 6.74. The van der Waals surface area contributed by atoms with Gasteiger partial charge in [-0.25, -0.2) is 9.59 Å². The first-order valence-electron chi connectivity index (χ1n) is 9.50. The van der Waals surface area contributed by atoms with Gasteiger partial charge >= 0.3 is 11.9 Å². The molecule has 0 spiro atoms. The molecule has 29 heavy (non-hydrogen) atoms. The highest BCUT2D eigenvalue weighted by atomic mass is 32.1. The summed E-state index contributed by atoms with van der Waals surface area (Å²) in [7, 11) is 0. The highest BCUT2D eigenvalue weighted by Gasteiger charge is 2.29. The van der Waals surface area contributed by atoms with E-state index in [-0.39, 0.29) is 11.9 Å². The Morgan fingerprint density at radius 2 is 2.10 bits per heavy atom. The van der Waals surface area contributed by atoms with Gasteiger partial charge < -0.3 is 19.3 Å². The SMILES string of the molecule is Cc1cc(C(=O)OCC(=O)Nc2sc3c(c2C(=O)OC(C)C)CC[C@@H](C)C3)on1. The zero-order chi connectivity index (χ0) is 21.1. The molecule has 1 amide bonds. The fourth-order valence-electron chi connectivity index (χ4n) is 3.15. The van der Waals surface area contributed by atoms with Crippen LogP contribution in [0, 0.1) is 12.8 Å². The molecule has 2 heterocycles. The van der Waals surface area contributed by atoms with E-state index < -0.39 is 24.5 Å². The third kappa shape index (κ3) is 5.03. The van der Waals surface area contributed by atoms with Gasteiger partial charge in [0.05, 0.1) is 17.4 Å². The molecule has 0 bridgehead atoms. The quantitative estimate of drug-likeness (QED) is 0.712. The number of aromatic nitrogens is 1. The largest absolute Gasteiger partial charge is 0.459 e. The summed E-state index contributed by atoms with van der Waals surface area (Å²) >= 11 is 1.38. The molecule has 1 aliphatic carbocycles. The predicted molar refractivity (Wildman–Crippen MR) is 106 cm³/mol. The monoisotopic (exact) mass is 420 g/mol. The lowest BCUT2D eigenvalue weighted by Gasteiger charge is -2.18. The number of hydrogen-bond acceptors (Lipinski definition) is 8. The molecule has 0 aliphatic heterocycles. The number of nitrogens with one attached hydrogen (secondary N) is 1. The zero-order valence-electron chi connectivity index (χ0n) is 16.9. The minimum atomic E-state index is -0.778. The van der Waals surface area contributed by atoms with Crippen molar-refractivity contribution in [2.24, 2.45) is 5.92 Å². The van der Waals surface area contributed by atoms with E-state index in [2.05, 4.69) is 17.4 Å². The molecular formula is C20H24N2O6S. The summed E-state index contributed by atoms with van der Waals surface area (Å²) in [4.78, 5) is 38.0. The average Bonchev–Trinajstić information content (AvgIpc) is 3.21. The van der Waals surface area contributed by atoms with Crippen LogP contribution >= 0.6 is 11.3 Å². The van der Waals surface area contributed by atoms with Crippen molar-refractivity contribution in [2.45, 2.75) is 53.1 Å². The molecule has 0 radical (unpaired) electrons. The molecule has 0 aromatic carbocycles. The molecule has 1 aliphatic rings. The normalized spacial score (nSPS) is 15.7. The second-order valence-corrected chi connectivity index (χ2v) is 8.57. The van der Waals surface area contributed by atoms with Crippen LogP contribution in [0.2, 0.25) is 0 Å². The lowest BCUT2D eigenvalue weighted by molar-refractivity contribution is -0.119. The Bertz CT molecular complexity index is 930. The van der Waals surface area contributed by atoms with Crippen LogP contribution in [0.4, 0.5) is 5.00 Å². The Balaban J connectivity index is 1.72. The summed E-state index contributed by atoms with van der Waals surface area (Å²) in [6.45, 7) is 6.89. The average molecular weight is 420 g/mol. The van der Waals surface area contributed by atoms with E-state index in [1.807, 2.05) is 0 Å². The predicted octanol–water partition coefficient (Wildman–Crippen LogP) is 3.53. The number of hydrogen-bond donors (Lipinski definition) is 1. The Labute approximate surface area is 172 Å². The number of ether oxygens (including phenoxy) is 2. The number of aryl methyl sites for hydroxylation is 1. The van der Waals surface area contributed by atoms with E-state index in [1.165, 1.54) is 17.4 Å². The maximum atomic E-state index is 12.7. The van der Waals surface area contributed by atoms with E-state index in [1.54, 1.807) is 20.8 Å². The number of carbonyl (C=O) groups excluding carboxylic acids is 3. The van der Waals surface area contributed by atoms with Crippen molar-refractivity contribution in [1.29, 1.82) is 0 Å². The molecule has 1 N–H and O–H groups in total. The van der Waals surface area contributed by atoms with Crippen LogP contribution in [0.1, 0.15) is 64.2 Å². The first kappa shape index (κ1) is 21.0. The number of nitrogens with zero attached hydrogens (tertiary/aromatic N) is 1. The topological polar surface area (TPSA) is 108 Å². The fourth-order valence-corrected chi connectivity index (χ4v) is 4.57. The van der Waals surface area contributed by atoms with Gasteiger partial charge in [-0.3, -0.25) is 4.79 Å². The molecule has 3 rings (SSSR count). The molecule has 9 heteroatoms. The van der Waals surface area contributed by atoms with Gasteiger partial charge in [0.15, 0.2) is 6.61 Å². The van der Waals surface area contributed by atoms with Gasteiger partial charge in [0, 0.05) is 10.9 Å².